The number of alkyl halides is 3. The Labute approximate surface area is 203 Å². The van der Waals surface area contributed by atoms with Crippen LogP contribution in [0.1, 0.15) is 42.7 Å². The van der Waals surface area contributed by atoms with Gasteiger partial charge in [-0.3, -0.25) is 19.8 Å². The summed E-state index contributed by atoms with van der Waals surface area (Å²) in [5, 5.41) is 7.82. The number of nitrogens with zero attached hydrogens (tertiary/aromatic N) is 2. The monoisotopic (exact) mass is 494 g/mol. The van der Waals surface area contributed by atoms with E-state index in [1.807, 2.05) is 18.2 Å². The molecule has 0 saturated heterocycles. The molecule has 2 heterocycles. The molecular formula is C26H21F3N4O3. The maximum atomic E-state index is 13.3. The standard InChI is InChI=1S/C26H21F3N4O3/c27-26(28,29)17-11-9-15(10-12-17)18-13-23(36)33(20-7-4-8-21(34)24(18)20)32-19-14-22(35)30-31-25(19)16-5-2-1-3-6-16/h1-3,5-6,9-12,14,18H,4,7-8,13H2,(H2,30,32,35). The predicted octanol–water partition coefficient (Wildman–Crippen LogP) is 4.81. The Kier molecular flexibility index (Phi) is 5.95. The summed E-state index contributed by atoms with van der Waals surface area (Å²) in [6.45, 7) is 0. The number of H-pyrrole nitrogens is 1. The van der Waals surface area contributed by atoms with Crippen LogP contribution in [0.5, 0.6) is 0 Å². The Balaban J connectivity index is 1.55. The van der Waals surface area contributed by atoms with E-state index in [9.17, 15) is 27.6 Å². The van der Waals surface area contributed by atoms with E-state index in [-0.39, 0.29) is 23.8 Å². The van der Waals surface area contributed by atoms with Crippen molar-refractivity contribution in [3.8, 4) is 11.3 Å². The largest absolute Gasteiger partial charge is 0.416 e. The molecule has 1 atom stereocenters. The maximum Gasteiger partial charge on any atom is 0.416 e. The zero-order valence-corrected chi connectivity index (χ0v) is 18.9. The minimum absolute atomic E-state index is 0.111. The van der Waals surface area contributed by atoms with E-state index in [2.05, 4.69) is 15.6 Å². The van der Waals surface area contributed by atoms with Gasteiger partial charge < -0.3 is 0 Å². The van der Waals surface area contributed by atoms with Crippen molar-refractivity contribution in [2.75, 3.05) is 5.43 Å². The van der Waals surface area contributed by atoms with Crippen molar-refractivity contribution in [1.29, 1.82) is 0 Å². The van der Waals surface area contributed by atoms with Crippen molar-refractivity contribution in [3.05, 3.63) is 93.4 Å². The van der Waals surface area contributed by atoms with Crippen molar-refractivity contribution < 1.29 is 22.8 Å². The summed E-state index contributed by atoms with van der Waals surface area (Å²) in [6, 6.07) is 14.9. The van der Waals surface area contributed by atoms with Gasteiger partial charge in [0.15, 0.2) is 5.78 Å². The van der Waals surface area contributed by atoms with Crippen molar-refractivity contribution >= 4 is 17.4 Å². The van der Waals surface area contributed by atoms with Gasteiger partial charge in [0.1, 0.15) is 5.69 Å². The quantitative estimate of drug-likeness (QED) is 0.543. The molecule has 1 unspecified atom stereocenters. The van der Waals surface area contributed by atoms with Gasteiger partial charge in [0.25, 0.3) is 5.56 Å². The molecule has 2 aromatic carbocycles. The lowest BCUT2D eigenvalue weighted by Crippen LogP contribution is -2.43. The van der Waals surface area contributed by atoms with E-state index >= 15 is 0 Å². The number of aromatic amines is 1. The number of carbonyl (C=O) groups excluding carboxylic acids is 2. The van der Waals surface area contributed by atoms with Gasteiger partial charge in [-0.05, 0) is 30.5 Å². The van der Waals surface area contributed by atoms with Crippen LogP contribution in [-0.2, 0) is 15.8 Å². The molecule has 3 aromatic rings. The Morgan fingerprint density at radius 3 is 2.39 bits per heavy atom. The Morgan fingerprint density at radius 1 is 0.972 bits per heavy atom. The van der Waals surface area contributed by atoms with E-state index in [1.165, 1.54) is 23.2 Å². The third kappa shape index (κ3) is 4.41. The molecule has 2 N–H and O–H groups in total. The van der Waals surface area contributed by atoms with E-state index in [4.69, 9.17) is 0 Å². The smallest absolute Gasteiger partial charge is 0.294 e. The zero-order chi connectivity index (χ0) is 25.4. The molecular weight excluding hydrogens is 473 g/mol. The molecule has 0 fully saturated rings. The number of hydrogen-bond acceptors (Lipinski definition) is 5. The molecule has 0 spiro atoms. The summed E-state index contributed by atoms with van der Waals surface area (Å²) >= 11 is 0. The van der Waals surface area contributed by atoms with E-state index in [1.54, 1.807) is 12.1 Å². The summed E-state index contributed by atoms with van der Waals surface area (Å²) in [5.41, 5.74) is 4.49. The van der Waals surface area contributed by atoms with E-state index < -0.39 is 23.2 Å². The second-order valence-corrected chi connectivity index (χ2v) is 8.72. The molecule has 1 aliphatic carbocycles. The van der Waals surface area contributed by atoms with E-state index in [0.717, 1.165) is 12.1 Å². The number of ketones is 1. The van der Waals surface area contributed by atoms with Gasteiger partial charge in [-0.1, -0.05) is 42.5 Å². The average molecular weight is 494 g/mol. The van der Waals surface area contributed by atoms with Crippen LogP contribution in [0.2, 0.25) is 0 Å². The van der Waals surface area contributed by atoms with Crippen molar-refractivity contribution in [3.63, 3.8) is 0 Å². The molecule has 36 heavy (non-hydrogen) atoms. The van der Waals surface area contributed by atoms with Crippen LogP contribution in [0.4, 0.5) is 18.9 Å². The number of anilines is 1. The number of nitrogens with one attached hydrogen (secondary N) is 2. The first-order chi connectivity index (χ1) is 17.2. The number of benzene rings is 2. The first-order valence-electron chi connectivity index (χ1n) is 11.4. The second-order valence-electron chi connectivity index (χ2n) is 8.72. The Morgan fingerprint density at radius 2 is 1.69 bits per heavy atom. The van der Waals surface area contributed by atoms with Gasteiger partial charge in [-0.2, -0.15) is 18.3 Å². The van der Waals surface area contributed by atoms with Crippen molar-refractivity contribution in [1.82, 2.24) is 15.2 Å². The summed E-state index contributed by atoms with van der Waals surface area (Å²) < 4.78 is 39.1. The lowest BCUT2D eigenvalue weighted by molar-refractivity contribution is -0.137. The van der Waals surface area contributed by atoms with Gasteiger partial charge in [0.05, 0.1) is 16.9 Å². The molecule has 1 aromatic heterocycles. The Bertz CT molecular complexity index is 1410. The number of halogens is 3. The highest BCUT2D eigenvalue weighted by atomic mass is 19.4. The summed E-state index contributed by atoms with van der Waals surface area (Å²) in [6.07, 6.45) is -3.35. The third-order valence-electron chi connectivity index (χ3n) is 6.40. The van der Waals surface area contributed by atoms with Crippen molar-refractivity contribution in [2.45, 2.75) is 37.8 Å². The van der Waals surface area contributed by atoms with Gasteiger partial charge in [0.2, 0.25) is 5.91 Å². The number of hydrogen-bond donors (Lipinski definition) is 2. The summed E-state index contributed by atoms with van der Waals surface area (Å²) in [5.74, 6) is -1.16. The number of aromatic nitrogens is 2. The number of amides is 1. The highest BCUT2D eigenvalue weighted by Gasteiger charge is 2.40. The molecule has 0 saturated carbocycles. The maximum absolute atomic E-state index is 13.3. The minimum atomic E-state index is -4.48. The number of rotatable bonds is 4. The first kappa shape index (κ1) is 23.5. The third-order valence-corrected chi connectivity index (χ3v) is 6.40. The molecule has 1 amide bonds. The summed E-state index contributed by atoms with van der Waals surface area (Å²) in [4.78, 5) is 38.4. The number of allylic oxidation sites excluding steroid dienone is 2. The van der Waals surface area contributed by atoms with E-state index in [0.29, 0.717) is 47.4 Å². The van der Waals surface area contributed by atoms with Crippen LogP contribution < -0.4 is 11.0 Å². The molecule has 7 nitrogen and oxygen atoms in total. The topological polar surface area (TPSA) is 95.2 Å². The van der Waals surface area contributed by atoms with Crippen LogP contribution >= 0.6 is 0 Å². The van der Waals surface area contributed by atoms with Gasteiger partial charge in [0, 0.05) is 36.0 Å². The van der Waals surface area contributed by atoms with Crippen LogP contribution in [0.15, 0.2) is 76.7 Å². The lowest BCUT2D eigenvalue weighted by Gasteiger charge is -2.38. The first-order valence-corrected chi connectivity index (χ1v) is 11.4. The molecule has 1 aliphatic heterocycles. The highest BCUT2D eigenvalue weighted by Crippen LogP contribution is 2.42. The second kappa shape index (κ2) is 9.10. The average Bonchev–Trinajstić information content (AvgIpc) is 2.86. The number of carbonyl (C=O) groups is 2. The highest BCUT2D eigenvalue weighted by molar-refractivity contribution is 6.01. The van der Waals surface area contributed by atoms with Gasteiger partial charge in [-0.25, -0.2) is 10.1 Å². The number of Topliss-reactive ketones (excluding diaryl/α,β-unsaturated/α-hetero) is 1. The van der Waals surface area contributed by atoms with Gasteiger partial charge >= 0.3 is 6.18 Å². The Hall–Kier alpha value is -4.21. The predicted molar refractivity (Wildman–Crippen MR) is 125 cm³/mol. The minimum Gasteiger partial charge on any atom is -0.294 e. The molecule has 2 aliphatic rings. The normalized spacial score (nSPS) is 18.3. The molecule has 10 heteroatoms. The zero-order valence-electron chi connectivity index (χ0n) is 18.9. The van der Waals surface area contributed by atoms with Crippen LogP contribution in [0.3, 0.4) is 0 Å². The lowest BCUT2D eigenvalue weighted by atomic mass is 9.77. The molecule has 0 bridgehead atoms. The SMILES string of the molecule is O=C1CCCC2=C1C(c1ccc(C(F)(F)F)cc1)CC(=O)N2Nc1cc(=O)[nH]nc1-c1ccccc1. The fourth-order valence-corrected chi connectivity index (χ4v) is 4.74. The molecule has 0 radical (unpaired) electrons. The molecule has 5 rings (SSSR count). The van der Waals surface area contributed by atoms with Crippen molar-refractivity contribution in [2.24, 2.45) is 0 Å². The molecule has 184 valence electrons. The van der Waals surface area contributed by atoms with Crippen LogP contribution in [-0.4, -0.2) is 26.9 Å². The fraction of sp³-hybridized carbons (Fsp3) is 0.231. The van der Waals surface area contributed by atoms with Crippen LogP contribution in [0.25, 0.3) is 11.3 Å². The fourth-order valence-electron chi connectivity index (χ4n) is 4.74. The van der Waals surface area contributed by atoms with Crippen LogP contribution in [0, 0.1) is 0 Å². The summed E-state index contributed by atoms with van der Waals surface area (Å²) in [7, 11) is 0. The van der Waals surface area contributed by atoms with Gasteiger partial charge in [-0.15, -0.1) is 0 Å². The number of hydrazine groups is 1.